The lowest BCUT2D eigenvalue weighted by Gasteiger charge is -2.37. The zero-order valence-electron chi connectivity index (χ0n) is 13.8. The molecule has 1 aliphatic carbocycles. The fourth-order valence-electron chi connectivity index (χ4n) is 3.71. The molecule has 1 aromatic carbocycles. The number of nitrogens with one attached hydrogen (secondary N) is 1. The van der Waals surface area contributed by atoms with Crippen molar-refractivity contribution in [3.63, 3.8) is 0 Å². The fourth-order valence-corrected chi connectivity index (χ4v) is 3.71. The second-order valence-corrected chi connectivity index (χ2v) is 7.03. The van der Waals surface area contributed by atoms with E-state index in [1.54, 1.807) is 24.3 Å². The van der Waals surface area contributed by atoms with E-state index in [0.29, 0.717) is 29.7 Å². The van der Waals surface area contributed by atoms with E-state index in [0.717, 1.165) is 18.0 Å². The first-order valence-electron chi connectivity index (χ1n) is 8.29. The summed E-state index contributed by atoms with van der Waals surface area (Å²) in [5.74, 6) is 2.60. The molecule has 1 fully saturated rings. The highest BCUT2D eigenvalue weighted by atomic mass is 16.1. The maximum absolute atomic E-state index is 12.3. The molecule has 3 atom stereocenters. The fraction of sp³-hybridized carbons (Fsp3) is 0.579. The molecule has 0 bridgehead atoms. The first-order chi connectivity index (χ1) is 10.5. The molecule has 118 valence electrons. The van der Waals surface area contributed by atoms with Crippen LogP contribution in [-0.4, -0.2) is 5.91 Å². The number of nitrogens with zero attached hydrogens (tertiary/aromatic N) is 1. The molecular formula is C19H26N2O. The van der Waals surface area contributed by atoms with Crippen molar-refractivity contribution < 1.29 is 4.79 Å². The van der Waals surface area contributed by atoms with Crippen LogP contribution in [0.1, 0.15) is 52.0 Å². The Hall–Kier alpha value is -1.82. The van der Waals surface area contributed by atoms with Gasteiger partial charge >= 0.3 is 0 Å². The Bertz CT molecular complexity index is 542. The van der Waals surface area contributed by atoms with E-state index in [4.69, 9.17) is 5.26 Å². The second-order valence-electron chi connectivity index (χ2n) is 7.03. The Morgan fingerprint density at radius 1 is 1.32 bits per heavy atom. The number of carbonyl (C=O) groups excluding carboxylic acids is 1. The van der Waals surface area contributed by atoms with Crippen molar-refractivity contribution >= 4 is 11.6 Å². The number of nitriles is 1. The minimum absolute atomic E-state index is 0.0921. The molecule has 2 rings (SSSR count). The number of hydrogen-bond acceptors (Lipinski definition) is 2. The SMILES string of the molecule is CC1CCC(C(C)C)C(CC(=O)Nc2ccc(C#N)cc2)C1. The van der Waals surface area contributed by atoms with Crippen molar-refractivity contribution in [1.29, 1.82) is 5.26 Å². The number of hydrogen-bond donors (Lipinski definition) is 1. The Kier molecular flexibility index (Phi) is 5.60. The first kappa shape index (κ1) is 16.5. The van der Waals surface area contributed by atoms with Crippen molar-refractivity contribution in [2.45, 2.75) is 46.5 Å². The Morgan fingerprint density at radius 2 is 2.00 bits per heavy atom. The number of amides is 1. The molecule has 0 aliphatic heterocycles. The maximum atomic E-state index is 12.3. The van der Waals surface area contributed by atoms with Gasteiger partial charge in [-0.2, -0.15) is 5.26 Å². The van der Waals surface area contributed by atoms with Crippen LogP contribution in [0.25, 0.3) is 0 Å². The molecule has 22 heavy (non-hydrogen) atoms. The Morgan fingerprint density at radius 3 is 2.59 bits per heavy atom. The average molecular weight is 298 g/mol. The van der Waals surface area contributed by atoms with Gasteiger partial charge in [0, 0.05) is 12.1 Å². The summed E-state index contributed by atoms with van der Waals surface area (Å²) in [7, 11) is 0. The van der Waals surface area contributed by atoms with E-state index >= 15 is 0 Å². The van der Waals surface area contributed by atoms with Gasteiger partial charge in [-0.25, -0.2) is 0 Å². The van der Waals surface area contributed by atoms with Gasteiger partial charge in [0.25, 0.3) is 0 Å². The quantitative estimate of drug-likeness (QED) is 0.883. The smallest absolute Gasteiger partial charge is 0.224 e. The largest absolute Gasteiger partial charge is 0.326 e. The molecule has 3 unspecified atom stereocenters. The standard InChI is InChI=1S/C19H26N2O/c1-13(2)18-9-4-14(3)10-16(18)11-19(22)21-17-7-5-15(12-20)6-8-17/h5-8,13-14,16,18H,4,9-11H2,1-3H3,(H,21,22). The van der Waals surface area contributed by atoms with E-state index in [1.807, 2.05) is 0 Å². The van der Waals surface area contributed by atoms with E-state index in [2.05, 4.69) is 32.2 Å². The lowest BCUT2D eigenvalue weighted by molar-refractivity contribution is -0.118. The molecule has 0 aromatic heterocycles. The third-order valence-corrected chi connectivity index (χ3v) is 4.91. The molecule has 1 aliphatic rings. The van der Waals surface area contributed by atoms with Crippen LogP contribution in [0.5, 0.6) is 0 Å². The highest BCUT2D eigenvalue weighted by Crippen LogP contribution is 2.39. The third kappa shape index (κ3) is 4.34. The van der Waals surface area contributed by atoms with Gasteiger partial charge in [0.1, 0.15) is 0 Å². The summed E-state index contributed by atoms with van der Waals surface area (Å²) in [4.78, 5) is 12.3. The van der Waals surface area contributed by atoms with Gasteiger partial charge in [0.05, 0.1) is 11.6 Å². The van der Waals surface area contributed by atoms with Crippen molar-refractivity contribution in [1.82, 2.24) is 0 Å². The molecule has 1 saturated carbocycles. The summed E-state index contributed by atoms with van der Waals surface area (Å²) < 4.78 is 0. The van der Waals surface area contributed by atoms with Crippen LogP contribution < -0.4 is 5.32 Å². The predicted octanol–water partition coefficient (Wildman–Crippen LogP) is 4.60. The predicted molar refractivity (Wildman–Crippen MR) is 89.2 cm³/mol. The van der Waals surface area contributed by atoms with E-state index in [-0.39, 0.29) is 5.91 Å². The first-order valence-corrected chi connectivity index (χ1v) is 8.29. The van der Waals surface area contributed by atoms with Gasteiger partial charge in [-0.05, 0) is 60.8 Å². The zero-order valence-corrected chi connectivity index (χ0v) is 13.8. The van der Waals surface area contributed by atoms with Crippen molar-refractivity contribution in [3.8, 4) is 6.07 Å². The van der Waals surface area contributed by atoms with Crippen LogP contribution in [0.4, 0.5) is 5.69 Å². The molecule has 3 heteroatoms. The van der Waals surface area contributed by atoms with E-state index < -0.39 is 0 Å². The van der Waals surface area contributed by atoms with Gasteiger partial charge in [0.15, 0.2) is 0 Å². The molecule has 1 N–H and O–H groups in total. The summed E-state index contributed by atoms with van der Waals surface area (Å²) >= 11 is 0. The number of anilines is 1. The van der Waals surface area contributed by atoms with Crippen LogP contribution in [-0.2, 0) is 4.79 Å². The molecule has 0 saturated heterocycles. The number of benzene rings is 1. The van der Waals surface area contributed by atoms with Crippen LogP contribution in [0, 0.1) is 35.0 Å². The second kappa shape index (κ2) is 7.45. The highest BCUT2D eigenvalue weighted by molar-refractivity contribution is 5.90. The van der Waals surface area contributed by atoms with Crippen molar-refractivity contribution in [2.75, 3.05) is 5.32 Å². The number of rotatable bonds is 4. The number of carbonyl (C=O) groups is 1. The molecule has 1 amide bonds. The average Bonchev–Trinajstić information content (AvgIpc) is 2.47. The molecule has 3 nitrogen and oxygen atoms in total. The van der Waals surface area contributed by atoms with Crippen LogP contribution in [0.2, 0.25) is 0 Å². The maximum Gasteiger partial charge on any atom is 0.224 e. The zero-order chi connectivity index (χ0) is 16.1. The Labute approximate surface area is 133 Å². The lowest BCUT2D eigenvalue weighted by Crippen LogP contribution is -2.30. The van der Waals surface area contributed by atoms with Crippen LogP contribution >= 0.6 is 0 Å². The summed E-state index contributed by atoms with van der Waals surface area (Å²) in [6.07, 6.45) is 4.29. The summed E-state index contributed by atoms with van der Waals surface area (Å²) in [6.45, 7) is 6.83. The molecule has 0 heterocycles. The molecule has 0 spiro atoms. The van der Waals surface area contributed by atoms with E-state index in [1.165, 1.54) is 12.8 Å². The van der Waals surface area contributed by atoms with Gasteiger partial charge in [-0.3, -0.25) is 4.79 Å². The highest BCUT2D eigenvalue weighted by Gasteiger charge is 2.31. The van der Waals surface area contributed by atoms with E-state index in [9.17, 15) is 4.79 Å². The minimum Gasteiger partial charge on any atom is -0.326 e. The van der Waals surface area contributed by atoms with Crippen LogP contribution in [0.3, 0.4) is 0 Å². The van der Waals surface area contributed by atoms with Crippen LogP contribution in [0.15, 0.2) is 24.3 Å². The Balaban J connectivity index is 1.95. The van der Waals surface area contributed by atoms with Crippen molar-refractivity contribution in [3.05, 3.63) is 29.8 Å². The van der Waals surface area contributed by atoms with Gasteiger partial charge in [-0.15, -0.1) is 0 Å². The summed E-state index contributed by atoms with van der Waals surface area (Å²) in [5.41, 5.74) is 1.38. The van der Waals surface area contributed by atoms with Gasteiger partial charge in [-0.1, -0.05) is 27.2 Å². The molecular weight excluding hydrogens is 272 g/mol. The van der Waals surface area contributed by atoms with Crippen molar-refractivity contribution in [2.24, 2.45) is 23.7 Å². The molecule has 1 aromatic rings. The topological polar surface area (TPSA) is 52.9 Å². The third-order valence-electron chi connectivity index (χ3n) is 4.91. The minimum atomic E-state index is 0.0921. The summed E-state index contributed by atoms with van der Waals surface area (Å²) in [6, 6.07) is 9.13. The molecule has 0 radical (unpaired) electrons. The lowest BCUT2D eigenvalue weighted by atomic mass is 9.69. The van der Waals surface area contributed by atoms with Gasteiger partial charge in [0.2, 0.25) is 5.91 Å². The monoisotopic (exact) mass is 298 g/mol. The van der Waals surface area contributed by atoms with Gasteiger partial charge < -0.3 is 5.32 Å². The normalized spacial score (nSPS) is 24.8. The summed E-state index contributed by atoms with van der Waals surface area (Å²) in [5, 5.41) is 11.8.